The third-order valence-electron chi connectivity index (χ3n) is 0.931. The summed E-state index contributed by atoms with van der Waals surface area (Å²) >= 11 is 0. The number of nitrogens with two attached hydrogens (primary N) is 1. The molecule has 0 fully saturated rings. The Hall–Kier alpha value is -1.30. The van der Waals surface area contributed by atoms with E-state index in [1.54, 1.807) is 6.92 Å². The number of carbonyl (C=O) groups is 2. The Morgan fingerprint density at radius 2 is 2.45 bits per heavy atom. The van der Waals surface area contributed by atoms with Crippen molar-refractivity contribution in [3.63, 3.8) is 0 Å². The summed E-state index contributed by atoms with van der Waals surface area (Å²) in [6, 6.07) is -0.736. The van der Waals surface area contributed by atoms with Crippen LogP contribution in [0.5, 0.6) is 0 Å². The molecule has 6 nitrogen and oxygen atoms in total. The summed E-state index contributed by atoms with van der Waals surface area (Å²) in [6.07, 6.45) is 0. The van der Waals surface area contributed by atoms with Gasteiger partial charge in [-0.1, -0.05) is 0 Å². The third kappa shape index (κ3) is 5.16. The molecule has 4 N–H and O–H groups in total. The molecule has 2 amide bonds. The lowest BCUT2D eigenvalue weighted by atomic mass is 10.3. The van der Waals surface area contributed by atoms with E-state index < -0.39 is 6.03 Å². The van der Waals surface area contributed by atoms with Crippen LogP contribution in [0.15, 0.2) is 0 Å². The number of urea groups is 1. The smallest absolute Gasteiger partial charge is 0.343 e. The molecule has 6 heteroatoms. The molecule has 64 valence electrons. The number of hydrogen-bond donors (Lipinski definition) is 3. The zero-order chi connectivity index (χ0) is 8.69. The molecule has 1 atom stereocenters. The maximum absolute atomic E-state index is 10.6. The van der Waals surface area contributed by atoms with Gasteiger partial charge in [0.2, 0.25) is 0 Å². The van der Waals surface area contributed by atoms with Crippen LogP contribution in [0.4, 0.5) is 4.79 Å². The highest BCUT2D eigenvalue weighted by Gasteiger charge is 2.03. The minimum atomic E-state index is -0.588. The van der Waals surface area contributed by atoms with Gasteiger partial charge in [0.25, 0.3) is 0 Å². The largest absolute Gasteiger partial charge is 0.348 e. The maximum Gasteiger partial charge on any atom is 0.348 e. The van der Waals surface area contributed by atoms with E-state index in [-0.39, 0.29) is 12.5 Å². The molecule has 0 aromatic rings. The van der Waals surface area contributed by atoms with Gasteiger partial charge >= 0.3 is 12.5 Å². The molecule has 0 aliphatic carbocycles. The van der Waals surface area contributed by atoms with Gasteiger partial charge in [0, 0.05) is 12.6 Å². The molecule has 0 saturated carbocycles. The van der Waals surface area contributed by atoms with Gasteiger partial charge in [-0.05, 0) is 6.92 Å². The lowest BCUT2D eigenvalue weighted by Gasteiger charge is -2.10. The molecule has 11 heavy (non-hydrogen) atoms. The Balaban J connectivity index is 3.43. The second-order valence-electron chi connectivity index (χ2n) is 1.93. The molecule has 0 spiro atoms. The van der Waals surface area contributed by atoms with Crippen LogP contribution in [0.3, 0.4) is 0 Å². The SMILES string of the molecule is CC(CN)NC(=O)NOC=O. The monoisotopic (exact) mass is 161 g/mol. The van der Waals surface area contributed by atoms with Gasteiger partial charge in [-0.2, -0.15) is 5.48 Å². The summed E-state index contributed by atoms with van der Waals surface area (Å²) in [4.78, 5) is 24.1. The quantitative estimate of drug-likeness (QED) is 0.353. The fraction of sp³-hybridized carbons (Fsp3) is 0.600. The summed E-state index contributed by atoms with van der Waals surface area (Å²) in [5.74, 6) is 0. The van der Waals surface area contributed by atoms with Crippen molar-refractivity contribution in [2.45, 2.75) is 13.0 Å². The Morgan fingerprint density at radius 1 is 1.82 bits per heavy atom. The molecule has 0 aromatic heterocycles. The Morgan fingerprint density at radius 3 is 2.91 bits per heavy atom. The first-order valence-corrected chi connectivity index (χ1v) is 3.06. The minimum Gasteiger partial charge on any atom is -0.343 e. The van der Waals surface area contributed by atoms with Crippen LogP contribution in [-0.4, -0.2) is 25.1 Å². The minimum absolute atomic E-state index is 0.118. The fourth-order valence-electron chi connectivity index (χ4n) is 0.390. The maximum atomic E-state index is 10.6. The van der Waals surface area contributed by atoms with Crippen molar-refractivity contribution in [3.05, 3.63) is 0 Å². The molecule has 0 aromatic carbocycles. The van der Waals surface area contributed by atoms with E-state index in [0.717, 1.165) is 0 Å². The van der Waals surface area contributed by atoms with Crippen molar-refractivity contribution in [1.29, 1.82) is 0 Å². The standard InChI is InChI=1S/C5H11N3O3/c1-4(2-6)7-5(10)8-11-3-9/h3-4H,2,6H2,1H3,(H2,7,8,10). The number of nitrogens with one attached hydrogen (secondary N) is 2. The number of hydrogen-bond acceptors (Lipinski definition) is 4. The highest BCUT2D eigenvalue weighted by molar-refractivity contribution is 5.73. The molecule has 0 saturated heterocycles. The fourth-order valence-corrected chi connectivity index (χ4v) is 0.390. The molecule has 1 unspecified atom stereocenters. The molecule has 0 heterocycles. The van der Waals surface area contributed by atoms with Crippen LogP contribution < -0.4 is 16.5 Å². The predicted molar refractivity (Wildman–Crippen MR) is 37.3 cm³/mol. The summed E-state index contributed by atoms with van der Waals surface area (Å²) < 4.78 is 0. The van der Waals surface area contributed by atoms with Gasteiger partial charge < -0.3 is 15.9 Å². The van der Waals surface area contributed by atoms with E-state index in [1.165, 1.54) is 0 Å². The van der Waals surface area contributed by atoms with Gasteiger partial charge in [0.05, 0.1) is 0 Å². The van der Waals surface area contributed by atoms with Gasteiger partial charge in [-0.15, -0.1) is 0 Å². The van der Waals surface area contributed by atoms with E-state index in [9.17, 15) is 9.59 Å². The average Bonchev–Trinajstić information content (AvgIpc) is 2.00. The first kappa shape index (κ1) is 9.70. The van der Waals surface area contributed by atoms with Gasteiger partial charge in [0.15, 0.2) is 0 Å². The Labute approximate surface area is 64.0 Å². The van der Waals surface area contributed by atoms with E-state index in [2.05, 4.69) is 10.2 Å². The number of carbonyl (C=O) groups excluding carboxylic acids is 2. The molecule has 0 rings (SSSR count). The van der Waals surface area contributed by atoms with Crippen molar-refractivity contribution in [1.82, 2.24) is 10.8 Å². The molecule has 0 radical (unpaired) electrons. The molecular weight excluding hydrogens is 150 g/mol. The van der Waals surface area contributed by atoms with Gasteiger partial charge in [-0.25, -0.2) is 4.79 Å². The topological polar surface area (TPSA) is 93.4 Å². The van der Waals surface area contributed by atoms with E-state index in [0.29, 0.717) is 6.54 Å². The van der Waals surface area contributed by atoms with Gasteiger partial charge in [-0.3, -0.25) is 4.79 Å². The van der Waals surface area contributed by atoms with Crippen molar-refractivity contribution in [2.75, 3.05) is 6.54 Å². The Bertz CT molecular complexity index is 139. The second kappa shape index (κ2) is 5.48. The van der Waals surface area contributed by atoms with Crippen LogP contribution in [0, 0.1) is 0 Å². The first-order chi connectivity index (χ1) is 5.20. The third-order valence-corrected chi connectivity index (χ3v) is 0.931. The number of amides is 2. The van der Waals surface area contributed by atoms with Crippen molar-refractivity contribution >= 4 is 12.5 Å². The Kier molecular flexibility index (Phi) is 4.83. The first-order valence-electron chi connectivity index (χ1n) is 3.06. The average molecular weight is 161 g/mol. The van der Waals surface area contributed by atoms with Crippen LogP contribution in [0.1, 0.15) is 6.92 Å². The number of hydroxylamine groups is 1. The predicted octanol–water partition coefficient (Wildman–Crippen LogP) is -1.28. The second-order valence-corrected chi connectivity index (χ2v) is 1.93. The van der Waals surface area contributed by atoms with Crippen molar-refractivity contribution in [3.8, 4) is 0 Å². The van der Waals surface area contributed by atoms with Crippen LogP contribution in [0.2, 0.25) is 0 Å². The summed E-state index contributed by atoms with van der Waals surface area (Å²) in [7, 11) is 0. The van der Waals surface area contributed by atoms with Gasteiger partial charge in [0.1, 0.15) is 0 Å². The van der Waals surface area contributed by atoms with Crippen LogP contribution >= 0.6 is 0 Å². The molecule has 0 bridgehead atoms. The summed E-state index contributed by atoms with van der Waals surface area (Å²) in [5.41, 5.74) is 7.02. The van der Waals surface area contributed by atoms with Crippen LogP contribution in [-0.2, 0) is 9.63 Å². The van der Waals surface area contributed by atoms with Crippen molar-refractivity contribution in [2.24, 2.45) is 5.73 Å². The zero-order valence-electron chi connectivity index (χ0n) is 6.16. The van der Waals surface area contributed by atoms with E-state index >= 15 is 0 Å². The molecule has 0 aliphatic heterocycles. The zero-order valence-corrected chi connectivity index (χ0v) is 6.16. The highest BCUT2D eigenvalue weighted by atomic mass is 16.7. The van der Waals surface area contributed by atoms with E-state index in [1.807, 2.05) is 5.48 Å². The highest BCUT2D eigenvalue weighted by Crippen LogP contribution is 1.75. The lowest BCUT2D eigenvalue weighted by molar-refractivity contribution is -0.133. The lowest BCUT2D eigenvalue weighted by Crippen LogP contribution is -2.43. The number of rotatable bonds is 4. The van der Waals surface area contributed by atoms with Crippen molar-refractivity contribution < 1.29 is 14.4 Å². The summed E-state index contributed by atoms with van der Waals surface area (Å²) in [5, 5.41) is 2.41. The normalized spacial score (nSPS) is 11.5. The van der Waals surface area contributed by atoms with Crippen LogP contribution in [0.25, 0.3) is 0 Å². The summed E-state index contributed by atoms with van der Waals surface area (Å²) in [6.45, 7) is 2.17. The molecule has 0 aliphatic rings. The van der Waals surface area contributed by atoms with E-state index in [4.69, 9.17) is 5.73 Å². The molecular formula is C5H11N3O3.